The van der Waals surface area contributed by atoms with Gasteiger partial charge in [-0.25, -0.2) is 0 Å². The lowest BCUT2D eigenvalue weighted by Gasteiger charge is -2.15. The van der Waals surface area contributed by atoms with Crippen LogP contribution in [-0.2, 0) is 38.5 Å². The van der Waals surface area contributed by atoms with Crippen LogP contribution < -0.4 is 9.47 Å². The number of hydrogen-bond donors (Lipinski definition) is 0. The summed E-state index contributed by atoms with van der Waals surface area (Å²) in [4.78, 5) is 0. The van der Waals surface area contributed by atoms with E-state index in [4.69, 9.17) is 9.47 Å². The molecule has 0 bridgehead atoms. The van der Waals surface area contributed by atoms with E-state index in [-0.39, 0.29) is 0 Å². The molecule has 0 saturated carbocycles. The van der Waals surface area contributed by atoms with Crippen LogP contribution in [0.4, 0.5) is 0 Å². The molecule has 0 aliphatic rings. The summed E-state index contributed by atoms with van der Waals surface area (Å²) in [5.41, 5.74) is 18.8. The molecule has 0 saturated heterocycles. The topological polar surface area (TPSA) is 18.5 Å². The van der Waals surface area contributed by atoms with Crippen LogP contribution in [0.3, 0.4) is 0 Å². The van der Waals surface area contributed by atoms with Crippen molar-refractivity contribution in [2.45, 2.75) is 144 Å². The second-order valence-corrected chi connectivity index (χ2v) is 22.8. The summed E-state index contributed by atoms with van der Waals surface area (Å²) in [6.07, 6.45) is 37.5. The maximum atomic E-state index is 6.04. The highest BCUT2D eigenvalue weighted by atomic mass is 16.5. The fourth-order valence-corrected chi connectivity index (χ4v) is 11.2. The number of fused-ring (bicyclic) bond motifs is 3. The van der Waals surface area contributed by atoms with E-state index in [1.165, 1.54) is 125 Å². The standard InChI is InChI=1S/C32H32.C28H36.C22H28O2/c1-5-25-7-11-27(12-8-25)15-17-29-19-23(3)22-32-30(20-24(4)21-31(29)32)18-16-28-13-9-26(6-2)10-14-28;1-5-7-9-11-13-15-17-25-19-23(3)22-28-26(20-24(4)21-27(25)28)18-16-14-12-10-8-6-2;1-5-7-9-11-23-21-15-17(3)14-20-19(21)13-18(4)16-22(20)24-12-10-8-6-2/h5-14,19-22H,1-2,15-18H2,3-4H3;5-10,19-22H,1-2,11-18H2,3-4H3;5-6,13-16H,1-2,7-12H2,3-4H3/b;9-7+,10-8+;. The van der Waals surface area contributed by atoms with Gasteiger partial charge in [0, 0.05) is 10.8 Å². The summed E-state index contributed by atoms with van der Waals surface area (Å²) in [5, 5.41) is 8.00. The van der Waals surface area contributed by atoms with Crippen molar-refractivity contribution in [2.24, 2.45) is 0 Å². The highest BCUT2D eigenvalue weighted by molar-refractivity contribution is 5.95. The molecule has 0 aliphatic heterocycles. The van der Waals surface area contributed by atoms with Gasteiger partial charge in [0.2, 0.25) is 0 Å². The van der Waals surface area contributed by atoms with Gasteiger partial charge in [-0.3, -0.25) is 0 Å². The third-order valence-corrected chi connectivity index (χ3v) is 15.4. The first-order chi connectivity index (χ1) is 40.9. The molecule has 0 aliphatic carbocycles. The Labute approximate surface area is 507 Å². The van der Waals surface area contributed by atoms with E-state index in [1.807, 2.05) is 48.6 Å². The summed E-state index contributed by atoms with van der Waals surface area (Å²) in [6.45, 7) is 37.2. The predicted octanol–water partition coefficient (Wildman–Crippen LogP) is 22.8. The van der Waals surface area contributed by atoms with Crippen LogP contribution in [0.2, 0.25) is 0 Å². The molecule has 2 heteroatoms. The molecule has 0 N–H and O–H groups in total. The van der Waals surface area contributed by atoms with Gasteiger partial charge in [-0.2, -0.15) is 0 Å². The van der Waals surface area contributed by atoms with Crippen LogP contribution in [0.15, 0.2) is 209 Å². The number of unbranched alkanes of at least 4 members (excludes halogenated alkanes) is 6. The SMILES string of the molecule is C=C/C=C/CCCCc1cc(C)cc2c(CCCC/C=C/C=C)cc(C)cc12.C=CCCCOc1cc(C)cc2c(OCCCC=C)cc(C)cc12.C=Cc1ccc(CCc2cc(C)cc3c(CCc4ccc(C=C)cc4)cc(C)cc23)cc1. The van der Waals surface area contributed by atoms with Crippen molar-refractivity contribution in [1.82, 2.24) is 0 Å². The highest BCUT2D eigenvalue weighted by Gasteiger charge is 2.13. The van der Waals surface area contributed by atoms with Crippen LogP contribution in [0.25, 0.3) is 44.5 Å². The highest BCUT2D eigenvalue weighted by Crippen LogP contribution is 2.36. The van der Waals surface area contributed by atoms with E-state index in [0.717, 1.165) is 99.3 Å². The molecule has 8 aromatic rings. The number of ether oxygens (including phenoxy) is 2. The Morgan fingerprint density at radius 2 is 0.643 bits per heavy atom. The Kier molecular flexibility index (Phi) is 27.4. The smallest absolute Gasteiger partial charge is 0.127 e. The quantitative estimate of drug-likeness (QED) is 0.0254. The first-order valence-corrected chi connectivity index (χ1v) is 30.9. The van der Waals surface area contributed by atoms with Crippen molar-refractivity contribution in [2.75, 3.05) is 13.2 Å². The van der Waals surface area contributed by atoms with Gasteiger partial charge >= 0.3 is 0 Å². The van der Waals surface area contributed by atoms with Crippen LogP contribution in [-0.4, -0.2) is 13.2 Å². The third-order valence-electron chi connectivity index (χ3n) is 15.4. The summed E-state index contributed by atoms with van der Waals surface area (Å²) in [7, 11) is 0. The zero-order chi connectivity index (χ0) is 60.1. The molecule has 8 aromatic carbocycles. The largest absolute Gasteiger partial charge is 0.493 e. The second kappa shape index (κ2) is 35.3. The maximum absolute atomic E-state index is 6.04. The molecule has 0 spiro atoms. The molecule has 0 aromatic heterocycles. The zero-order valence-electron chi connectivity index (χ0n) is 52.1. The van der Waals surface area contributed by atoms with Gasteiger partial charge in [0.15, 0.2) is 0 Å². The molecule has 0 unspecified atom stereocenters. The molecule has 8 rings (SSSR count). The van der Waals surface area contributed by atoms with Crippen molar-refractivity contribution in [3.05, 3.63) is 287 Å². The lowest BCUT2D eigenvalue weighted by Crippen LogP contribution is -2.00. The normalized spacial score (nSPS) is 11.1. The van der Waals surface area contributed by atoms with E-state index in [0.29, 0.717) is 13.2 Å². The second-order valence-electron chi connectivity index (χ2n) is 22.8. The van der Waals surface area contributed by atoms with Crippen molar-refractivity contribution in [3.63, 3.8) is 0 Å². The molecule has 0 amide bonds. The van der Waals surface area contributed by atoms with Crippen molar-refractivity contribution >= 4 is 44.5 Å². The van der Waals surface area contributed by atoms with Gasteiger partial charge in [0.05, 0.1) is 13.2 Å². The van der Waals surface area contributed by atoms with Gasteiger partial charge in [0.25, 0.3) is 0 Å². The molecule has 0 heterocycles. The minimum Gasteiger partial charge on any atom is -0.493 e. The lowest BCUT2D eigenvalue weighted by molar-refractivity contribution is 0.312. The fraction of sp³-hybridized carbons (Fsp3) is 0.293. The monoisotopic (exact) mass is 1110 g/mol. The fourth-order valence-electron chi connectivity index (χ4n) is 11.2. The summed E-state index contributed by atoms with van der Waals surface area (Å²) >= 11 is 0. The van der Waals surface area contributed by atoms with Crippen LogP contribution in [0.5, 0.6) is 11.5 Å². The first kappa shape index (κ1) is 65.2. The van der Waals surface area contributed by atoms with Crippen molar-refractivity contribution in [1.29, 1.82) is 0 Å². The van der Waals surface area contributed by atoms with Crippen LogP contribution in [0.1, 0.15) is 142 Å². The molecule has 436 valence electrons. The molecular weight excluding hydrogens is 1020 g/mol. The van der Waals surface area contributed by atoms with E-state index in [9.17, 15) is 0 Å². The van der Waals surface area contributed by atoms with E-state index < -0.39 is 0 Å². The number of aryl methyl sites for hydroxylation is 12. The van der Waals surface area contributed by atoms with Crippen LogP contribution in [0, 0.1) is 41.5 Å². The van der Waals surface area contributed by atoms with Gasteiger partial charge in [-0.1, -0.05) is 206 Å². The van der Waals surface area contributed by atoms with E-state index in [2.05, 4.69) is 214 Å². The minimum absolute atomic E-state index is 0.702. The molecule has 0 radical (unpaired) electrons. The predicted molar refractivity (Wildman–Crippen MR) is 372 cm³/mol. The zero-order valence-corrected chi connectivity index (χ0v) is 52.1. The Bertz CT molecular complexity index is 3270. The third kappa shape index (κ3) is 20.7. The van der Waals surface area contributed by atoms with Crippen molar-refractivity contribution < 1.29 is 9.47 Å². The molecule has 0 atom stereocenters. The Morgan fingerprint density at radius 3 is 0.964 bits per heavy atom. The lowest BCUT2D eigenvalue weighted by atomic mass is 9.90. The van der Waals surface area contributed by atoms with Gasteiger partial charge in [0.1, 0.15) is 11.5 Å². The van der Waals surface area contributed by atoms with Crippen molar-refractivity contribution in [3.8, 4) is 11.5 Å². The molecule has 0 fully saturated rings. The number of allylic oxidation sites excluding steroid dienone is 8. The Hall–Kier alpha value is -7.94. The maximum Gasteiger partial charge on any atom is 0.127 e. The minimum atomic E-state index is 0.702. The number of rotatable bonds is 30. The van der Waals surface area contributed by atoms with Gasteiger partial charge in [-0.15, -0.1) is 13.2 Å². The molecular formula is C82H96O2. The average molecular weight is 1110 g/mol. The molecule has 84 heavy (non-hydrogen) atoms. The Balaban J connectivity index is 0.000000204. The molecule has 2 nitrogen and oxygen atoms in total. The summed E-state index contributed by atoms with van der Waals surface area (Å²) in [5.74, 6) is 1.88. The van der Waals surface area contributed by atoms with E-state index >= 15 is 0 Å². The van der Waals surface area contributed by atoms with E-state index in [1.54, 1.807) is 0 Å². The average Bonchev–Trinajstić information content (AvgIpc) is 3.37. The van der Waals surface area contributed by atoms with Gasteiger partial charge < -0.3 is 9.47 Å². The summed E-state index contributed by atoms with van der Waals surface area (Å²) < 4.78 is 12.1. The first-order valence-electron chi connectivity index (χ1n) is 30.9. The summed E-state index contributed by atoms with van der Waals surface area (Å²) in [6, 6.07) is 45.1. The van der Waals surface area contributed by atoms with Gasteiger partial charge in [-0.05, 0) is 246 Å². The number of hydrogen-bond acceptors (Lipinski definition) is 2. The Morgan fingerprint density at radius 1 is 0.321 bits per heavy atom. The van der Waals surface area contributed by atoms with Crippen LogP contribution >= 0.6 is 0 Å². The number of benzene rings is 8.